The van der Waals surface area contributed by atoms with Crippen molar-refractivity contribution in [3.05, 3.63) is 10.0 Å². The molecule has 1 aliphatic heterocycles. The van der Waals surface area contributed by atoms with Crippen LogP contribution in [0, 0.1) is 0 Å². The number of aliphatic carboxylic acids is 1. The Morgan fingerprint density at radius 2 is 2.28 bits per heavy atom. The molecule has 0 atom stereocenters. The zero-order valence-electron chi connectivity index (χ0n) is 9.93. The summed E-state index contributed by atoms with van der Waals surface area (Å²) in [4.78, 5) is 13.3. The van der Waals surface area contributed by atoms with Gasteiger partial charge in [0.05, 0.1) is 0 Å². The van der Waals surface area contributed by atoms with E-state index in [0.29, 0.717) is 36.8 Å². The van der Waals surface area contributed by atoms with E-state index in [1.165, 1.54) is 7.11 Å². The van der Waals surface area contributed by atoms with E-state index in [0.717, 1.165) is 17.2 Å². The average Bonchev–Trinajstić information content (AvgIpc) is 2.76. The van der Waals surface area contributed by atoms with E-state index in [2.05, 4.69) is 14.5 Å². The Bertz CT molecular complexity index is 432. The predicted octanol–water partition coefficient (Wildman–Crippen LogP) is 1.26. The quantitative estimate of drug-likeness (QED) is 0.900. The van der Waals surface area contributed by atoms with Crippen molar-refractivity contribution in [3.63, 3.8) is 0 Å². The minimum absolute atomic E-state index is 0.466. The minimum Gasteiger partial charge on any atom is -0.479 e. The third-order valence-corrected chi connectivity index (χ3v) is 4.31. The van der Waals surface area contributed by atoms with E-state index >= 15 is 0 Å². The maximum absolute atomic E-state index is 11.2. The van der Waals surface area contributed by atoms with Crippen LogP contribution in [0.3, 0.4) is 0 Å². The first kappa shape index (κ1) is 13.7. The van der Waals surface area contributed by atoms with Crippen LogP contribution >= 0.6 is 23.1 Å². The highest BCUT2D eigenvalue weighted by atomic mass is 35.5. The first-order chi connectivity index (χ1) is 8.57. The Hall–Kier alpha value is -0.760. The smallest absolute Gasteiger partial charge is 0.336 e. The third kappa shape index (κ3) is 2.64. The minimum atomic E-state index is -1.04. The Kier molecular flexibility index (Phi) is 4.16. The lowest BCUT2D eigenvalue weighted by Gasteiger charge is -2.37. The maximum Gasteiger partial charge on any atom is 0.336 e. The van der Waals surface area contributed by atoms with Gasteiger partial charge in [-0.2, -0.15) is 0 Å². The van der Waals surface area contributed by atoms with Crippen LogP contribution in [0.25, 0.3) is 0 Å². The number of hydrogen-bond acceptors (Lipinski definition) is 6. The number of carboxylic acids is 1. The largest absolute Gasteiger partial charge is 0.479 e. The number of carbonyl (C=O) groups is 1. The van der Waals surface area contributed by atoms with Gasteiger partial charge >= 0.3 is 5.97 Å². The summed E-state index contributed by atoms with van der Waals surface area (Å²) in [5, 5.41) is 13.1. The van der Waals surface area contributed by atoms with Crippen LogP contribution < -0.4 is 0 Å². The first-order valence-electron chi connectivity index (χ1n) is 5.55. The summed E-state index contributed by atoms with van der Waals surface area (Å²) in [6.45, 7) is 1.90. The molecule has 0 unspecified atom stereocenters. The van der Waals surface area contributed by atoms with Crippen LogP contribution in [0.2, 0.25) is 4.34 Å². The summed E-state index contributed by atoms with van der Waals surface area (Å²) in [6, 6.07) is 0. The normalized spacial score (nSPS) is 19.9. The summed E-state index contributed by atoms with van der Waals surface area (Å²) in [7, 11) is 1.45. The van der Waals surface area contributed by atoms with Gasteiger partial charge in [0.15, 0.2) is 5.60 Å². The van der Waals surface area contributed by atoms with E-state index in [-0.39, 0.29) is 0 Å². The van der Waals surface area contributed by atoms with Gasteiger partial charge in [-0.3, -0.25) is 4.90 Å². The summed E-state index contributed by atoms with van der Waals surface area (Å²) in [5.74, 6) is -0.891. The summed E-state index contributed by atoms with van der Waals surface area (Å²) < 4.78 is 9.54. The lowest BCUT2D eigenvalue weighted by atomic mass is 9.91. The van der Waals surface area contributed by atoms with Gasteiger partial charge in [0, 0.05) is 38.3 Å². The van der Waals surface area contributed by atoms with Crippen LogP contribution in [-0.2, 0) is 16.1 Å². The molecule has 1 fully saturated rings. The highest BCUT2D eigenvalue weighted by Crippen LogP contribution is 2.28. The molecule has 0 radical (unpaired) electrons. The molecule has 0 spiro atoms. The number of halogens is 1. The Balaban J connectivity index is 1.94. The number of methoxy groups -OCH3 is 1. The fourth-order valence-corrected chi connectivity index (χ4v) is 2.69. The number of piperidine rings is 1. The molecule has 1 aliphatic rings. The monoisotopic (exact) mass is 291 g/mol. The number of aromatic nitrogens is 2. The van der Waals surface area contributed by atoms with Gasteiger partial charge in [0.1, 0.15) is 10.0 Å². The molecule has 1 saturated heterocycles. The number of carboxylic acid groups (broad SMARTS) is 1. The second kappa shape index (κ2) is 5.48. The van der Waals surface area contributed by atoms with Crippen molar-refractivity contribution < 1.29 is 14.6 Å². The van der Waals surface area contributed by atoms with Gasteiger partial charge in [-0.25, -0.2) is 4.79 Å². The van der Waals surface area contributed by atoms with Crippen molar-refractivity contribution >= 4 is 29.1 Å². The van der Waals surface area contributed by atoms with Gasteiger partial charge in [0.2, 0.25) is 0 Å². The van der Waals surface area contributed by atoms with Gasteiger partial charge in [0.25, 0.3) is 0 Å². The number of rotatable bonds is 4. The summed E-state index contributed by atoms with van der Waals surface area (Å²) in [6.07, 6.45) is 0.933. The van der Waals surface area contributed by atoms with E-state index in [1.54, 1.807) is 0 Å². The van der Waals surface area contributed by atoms with E-state index in [9.17, 15) is 9.90 Å². The number of hydrogen-bond donors (Lipinski definition) is 1. The molecule has 0 amide bonds. The van der Waals surface area contributed by atoms with Crippen molar-refractivity contribution in [3.8, 4) is 0 Å². The van der Waals surface area contributed by atoms with E-state index in [1.807, 2.05) is 0 Å². The fraction of sp³-hybridized carbons (Fsp3) is 0.700. The molecule has 2 heterocycles. The number of likely N-dealkylation sites (tertiary alicyclic amines) is 1. The standard InChI is InChI=1S/C10H14ClN3O3S/c1-17-10(9(15)16)2-4-14(5-3-10)6-7-8(11)18-13-12-7/h2-6H2,1H3,(H,15,16). The second-order valence-electron chi connectivity index (χ2n) is 4.27. The predicted molar refractivity (Wildman–Crippen MR) is 66.8 cm³/mol. The Morgan fingerprint density at radius 3 is 2.72 bits per heavy atom. The summed E-state index contributed by atoms with van der Waals surface area (Å²) >= 11 is 7.10. The fourth-order valence-electron chi connectivity index (χ4n) is 2.08. The van der Waals surface area contributed by atoms with Crippen LogP contribution in [0.1, 0.15) is 18.5 Å². The molecular formula is C10H14ClN3O3S. The van der Waals surface area contributed by atoms with Crippen molar-refractivity contribution in [2.75, 3.05) is 20.2 Å². The van der Waals surface area contributed by atoms with Gasteiger partial charge < -0.3 is 9.84 Å². The van der Waals surface area contributed by atoms with Crippen LogP contribution in [0.5, 0.6) is 0 Å². The van der Waals surface area contributed by atoms with Gasteiger partial charge in [-0.15, -0.1) is 5.10 Å². The van der Waals surface area contributed by atoms with Crippen LogP contribution in [0.4, 0.5) is 0 Å². The number of ether oxygens (including phenoxy) is 1. The highest BCUT2D eigenvalue weighted by Gasteiger charge is 2.41. The highest BCUT2D eigenvalue weighted by molar-refractivity contribution is 7.10. The second-order valence-corrected chi connectivity index (χ2v) is 5.63. The number of nitrogens with zero attached hydrogens (tertiary/aromatic N) is 3. The molecule has 2 rings (SSSR count). The molecule has 1 N–H and O–H groups in total. The van der Waals surface area contributed by atoms with Crippen LogP contribution in [-0.4, -0.2) is 51.4 Å². The van der Waals surface area contributed by atoms with Crippen molar-refractivity contribution in [2.45, 2.75) is 25.0 Å². The molecule has 8 heteroatoms. The summed E-state index contributed by atoms with van der Waals surface area (Å²) in [5.41, 5.74) is -0.289. The SMILES string of the molecule is COC1(C(=O)O)CCN(Cc2nnsc2Cl)CC1. The topological polar surface area (TPSA) is 75.6 Å². The molecule has 0 saturated carbocycles. The third-order valence-electron chi connectivity index (χ3n) is 3.33. The molecule has 1 aromatic rings. The Labute approximate surface area is 114 Å². The molecule has 0 aromatic carbocycles. The molecule has 1 aromatic heterocycles. The lowest BCUT2D eigenvalue weighted by molar-refractivity contribution is -0.168. The molecule has 0 bridgehead atoms. The molecule has 6 nitrogen and oxygen atoms in total. The average molecular weight is 292 g/mol. The van der Waals surface area contributed by atoms with Crippen molar-refractivity contribution in [1.29, 1.82) is 0 Å². The molecule has 0 aliphatic carbocycles. The van der Waals surface area contributed by atoms with Gasteiger partial charge in [-0.05, 0) is 12.8 Å². The zero-order valence-corrected chi connectivity index (χ0v) is 11.5. The Morgan fingerprint density at radius 1 is 1.61 bits per heavy atom. The van der Waals surface area contributed by atoms with Crippen molar-refractivity contribution in [2.24, 2.45) is 0 Å². The molecule has 100 valence electrons. The zero-order chi connectivity index (χ0) is 13.2. The molecular weight excluding hydrogens is 278 g/mol. The first-order valence-corrected chi connectivity index (χ1v) is 6.70. The van der Waals surface area contributed by atoms with Crippen molar-refractivity contribution in [1.82, 2.24) is 14.5 Å². The van der Waals surface area contributed by atoms with E-state index < -0.39 is 11.6 Å². The van der Waals surface area contributed by atoms with E-state index in [4.69, 9.17) is 16.3 Å². The molecule has 18 heavy (non-hydrogen) atoms. The maximum atomic E-state index is 11.2. The van der Waals surface area contributed by atoms with Crippen LogP contribution in [0.15, 0.2) is 0 Å². The van der Waals surface area contributed by atoms with Gasteiger partial charge in [-0.1, -0.05) is 16.1 Å². The lowest BCUT2D eigenvalue weighted by Crippen LogP contribution is -2.50.